The summed E-state index contributed by atoms with van der Waals surface area (Å²) in [4.78, 5) is 0. The number of hydrogen-bond acceptors (Lipinski definition) is 1. The Labute approximate surface area is 104 Å². The predicted molar refractivity (Wildman–Crippen MR) is 70.1 cm³/mol. The molecule has 0 aromatic heterocycles. The molecule has 0 amide bonds. The van der Waals surface area contributed by atoms with E-state index in [4.69, 9.17) is 16.3 Å². The van der Waals surface area contributed by atoms with Gasteiger partial charge in [-0.1, -0.05) is 39.3 Å². The highest BCUT2D eigenvalue weighted by atomic mass is 35.5. The van der Waals surface area contributed by atoms with Gasteiger partial charge in [-0.3, -0.25) is 0 Å². The van der Waals surface area contributed by atoms with Crippen LogP contribution >= 0.6 is 11.6 Å². The summed E-state index contributed by atoms with van der Waals surface area (Å²) in [6.45, 7) is 11.3. The minimum Gasteiger partial charge on any atom is -0.495 e. The third-order valence-corrected chi connectivity index (χ3v) is 2.26. The second-order valence-corrected chi connectivity index (χ2v) is 3.03. The number of methoxy groups -OCH3 is 1. The van der Waals surface area contributed by atoms with Gasteiger partial charge >= 0.3 is 0 Å². The summed E-state index contributed by atoms with van der Waals surface area (Å²) >= 11 is 5.81. The highest BCUT2D eigenvalue weighted by Crippen LogP contribution is 2.31. The van der Waals surface area contributed by atoms with Crippen molar-refractivity contribution in [3.8, 4) is 5.75 Å². The number of hydrogen-bond donors (Lipinski definition) is 0. The van der Waals surface area contributed by atoms with E-state index >= 15 is 0 Å². The van der Waals surface area contributed by atoms with E-state index in [1.54, 1.807) is 19.9 Å². The van der Waals surface area contributed by atoms with E-state index in [0.717, 1.165) is 0 Å². The third kappa shape index (κ3) is 4.40. The highest BCUT2D eigenvalue weighted by Gasteiger charge is 2.10. The molecule has 1 aromatic rings. The van der Waals surface area contributed by atoms with Crippen LogP contribution in [-0.4, -0.2) is 7.11 Å². The molecule has 0 aliphatic rings. The minimum atomic E-state index is -0.263. The lowest BCUT2D eigenvalue weighted by molar-refractivity contribution is 0.413. The maximum atomic E-state index is 13.2. The Kier molecular flexibility index (Phi) is 10.4. The summed E-state index contributed by atoms with van der Waals surface area (Å²) in [6, 6.07) is 1.59. The molecule has 0 bridgehead atoms. The molecular weight excluding hydrogens is 227 g/mol. The lowest BCUT2D eigenvalue weighted by atomic mass is 10.1. The molecule has 0 aliphatic heterocycles. The lowest BCUT2D eigenvalue weighted by Crippen LogP contribution is -1.93. The average molecular weight is 249 g/mol. The number of ether oxygens (including phenoxy) is 1. The first-order valence-electron chi connectivity index (χ1n) is 5.57. The van der Waals surface area contributed by atoms with Crippen LogP contribution in [0.3, 0.4) is 0 Å². The van der Waals surface area contributed by atoms with Gasteiger partial charge in [0.1, 0.15) is 11.6 Å². The van der Waals surface area contributed by atoms with Crippen molar-refractivity contribution in [2.75, 3.05) is 7.11 Å². The quantitative estimate of drug-likeness (QED) is 0.667. The molecule has 0 N–H and O–H groups in total. The zero-order valence-electron chi connectivity index (χ0n) is 11.2. The Morgan fingerprint density at radius 2 is 1.56 bits per heavy atom. The van der Waals surface area contributed by atoms with Crippen LogP contribution in [0.25, 0.3) is 0 Å². The summed E-state index contributed by atoms with van der Waals surface area (Å²) in [5, 5.41) is 0.348. The van der Waals surface area contributed by atoms with Crippen LogP contribution in [0.2, 0.25) is 5.02 Å². The van der Waals surface area contributed by atoms with Crippen molar-refractivity contribution in [2.24, 2.45) is 0 Å². The Balaban J connectivity index is 0. The van der Waals surface area contributed by atoms with E-state index in [9.17, 15) is 4.39 Å². The van der Waals surface area contributed by atoms with Crippen LogP contribution in [0.5, 0.6) is 5.75 Å². The predicted octanol–water partition coefficient (Wildman–Crippen LogP) is 5.16. The van der Waals surface area contributed by atoms with E-state index in [1.165, 1.54) is 7.11 Å². The topological polar surface area (TPSA) is 9.23 Å². The Morgan fingerprint density at radius 3 is 1.94 bits per heavy atom. The Bertz CT molecular complexity index is 311. The van der Waals surface area contributed by atoms with Crippen molar-refractivity contribution in [2.45, 2.75) is 41.5 Å². The van der Waals surface area contributed by atoms with Crippen LogP contribution in [0, 0.1) is 19.7 Å². The summed E-state index contributed by atoms with van der Waals surface area (Å²) in [5.41, 5.74) is 0.988. The van der Waals surface area contributed by atoms with Crippen molar-refractivity contribution in [1.82, 2.24) is 0 Å². The number of rotatable bonds is 1. The van der Waals surface area contributed by atoms with Crippen molar-refractivity contribution < 1.29 is 9.13 Å². The first-order valence-corrected chi connectivity index (χ1v) is 5.95. The standard InChI is InChI=1S/C9H10ClFO.2C2H6/c1-5-4-7(12-3)8(10)6(2)9(5)11;2*1-2/h4H,1-3H3;2*1-2H3. The SMILES string of the molecule is CC.CC.COc1cc(C)c(F)c(C)c1Cl. The van der Waals surface area contributed by atoms with Crippen molar-refractivity contribution in [3.05, 3.63) is 28.0 Å². The smallest absolute Gasteiger partial charge is 0.138 e. The van der Waals surface area contributed by atoms with Crippen LogP contribution in [-0.2, 0) is 0 Å². The number of halogens is 2. The molecule has 0 radical (unpaired) electrons. The molecule has 0 spiro atoms. The molecule has 1 rings (SSSR count). The van der Waals surface area contributed by atoms with E-state index in [-0.39, 0.29) is 5.82 Å². The molecule has 0 unspecified atom stereocenters. The second-order valence-electron chi connectivity index (χ2n) is 2.65. The van der Waals surface area contributed by atoms with Crippen LogP contribution < -0.4 is 4.74 Å². The lowest BCUT2D eigenvalue weighted by Gasteiger charge is -2.08. The molecule has 3 heteroatoms. The minimum absolute atomic E-state index is 0.263. The molecular formula is C13H22ClFO. The van der Waals surface area contributed by atoms with Gasteiger partial charge in [0.15, 0.2) is 0 Å². The van der Waals surface area contributed by atoms with Gasteiger partial charge in [0.2, 0.25) is 0 Å². The van der Waals surface area contributed by atoms with E-state index in [2.05, 4.69) is 0 Å². The molecule has 0 saturated carbocycles. The highest BCUT2D eigenvalue weighted by molar-refractivity contribution is 6.32. The largest absolute Gasteiger partial charge is 0.495 e. The number of aryl methyl sites for hydroxylation is 1. The third-order valence-electron chi connectivity index (χ3n) is 1.79. The fraction of sp³-hybridized carbons (Fsp3) is 0.538. The zero-order chi connectivity index (χ0) is 13.3. The first-order chi connectivity index (χ1) is 7.57. The molecule has 1 nitrogen and oxygen atoms in total. The Morgan fingerprint density at radius 1 is 1.12 bits per heavy atom. The van der Waals surface area contributed by atoms with E-state index in [1.807, 2.05) is 27.7 Å². The van der Waals surface area contributed by atoms with Gasteiger partial charge in [-0.25, -0.2) is 4.39 Å². The van der Waals surface area contributed by atoms with Crippen LogP contribution in [0.1, 0.15) is 38.8 Å². The van der Waals surface area contributed by atoms with Gasteiger partial charge in [0, 0.05) is 5.56 Å². The molecule has 0 fully saturated rings. The average Bonchev–Trinajstić information content (AvgIpc) is 2.36. The molecule has 94 valence electrons. The fourth-order valence-electron chi connectivity index (χ4n) is 1.05. The summed E-state index contributed by atoms with van der Waals surface area (Å²) in [5.74, 6) is 0.258. The molecule has 0 saturated heterocycles. The first kappa shape index (κ1) is 17.6. The maximum Gasteiger partial charge on any atom is 0.138 e. The van der Waals surface area contributed by atoms with Gasteiger partial charge in [-0.05, 0) is 25.5 Å². The van der Waals surface area contributed by atoms with E-state index in [0.29, 0.717) is 21.9 Å². The monoisotopic (exact) mass is 248 g/mol. The normalized spacial score (nSPS) is 8.31. The van der Waals surface area contributed by atoms with Gasteiger partial charge in [-0.2, -0.15) is 0 Å². The molecule has 0 heterocycles. The molecule has 0 atom stereocenters. The fourth-order valence-corrected chi connectivity index (χ4v) is 1.26. The van der Waals surface area contributed by atoms with Gasteiger partial charge in [0.25, 0.3) is 0 Å². The van der Waals surface area contributed by atoms with Crippen LogP contribution in [0.4, 0.5) is 4.39 Å². The second kappa shape index (κ2) is 9.46. The van der Waals surface area contributed by atoms with Gasteiger partial charge < -0.3 is 4.74 Å². The summed E-state index contributed by atoms with van der Waals surface area (Å²) < 4.78 is 18.1. The summed E-state index contributed by atoms with van der Waals surface area (Å²) in [7, 11) is 1.51. The van der Waals surface area contributed by atoms with Gasteiger partial charge in [-0.15, -0.1) is 0 Å². The molecule has 16 heavy (non-hydrogen) atoms. The maximum absolute atomic E-state index is 13.2. The zero-order valence-corrected chi connectivity index (χ0v) is 12.0. The summed E-state index contributed by atoms with van der Waals surface area (Å²) in [6.07, 6.45) is 0. The molecule has 0 aliphatic carbocycles. The Hall–Kier alpha value is -0.760. The number of benzene rings is 1. The van der Waals surface area contributed by atoms with Crippen molar-refractivity contribution in [3.63, 3.8) is 0 Å². The van der Waals surface area contributed by atoms with E-state index < -0.39 is 0 Å². The van der Waals surface area contributed by atoms with Crippen molar-refractivity contribution >= 4 is 11.6 Å². The molecule has 1 aromatic carbocycles. The van der Waals surface area contributed by atoms with Crippen LogP contribution in [0.15, 0.2) is 6.07 Å². The van der Waals surface area contributed by atoms with Crippen molar-refractivity contribution in [1.29, 1.82) is 0 Å². The van der Waals surface area contributed by atoms with Gasteiger partial charge in [0.05, 0.1) is 12.1 Å².